The lowest BCUT2D eigenvalue weighted by Crippen LogP contribution is -2.46. The molecule has 6 heteroatoms. The molecule has 0 aliphatic carbocycles. The van der Waals surface area contributed by atoms with Crippen molar-refractivity contribution >= 4 is 6.03 Å². The zero-order chi connectivity index (χ0) is 19.3. The number of benzene rings is 1. The summed E-state index contributed by atoms with van der Waals surface area (Å²) in [6.45, 7) is 6.07. The lowest BCUT2D eigenvalue weighted by Gasteiger charge is -2.45. The molecule has 1 aliphatic heterocycles. The quantitative estimate of drug-likeness (QED) is 0.840. The van der Waals surface area contributed by atoms with Crippen LogP contribution in [0.1, 0.15) is 44.4 Å². The summed E-state index contributed by atoms with van der Waals surface area (Å²) in [6.07, 6.45) is 4.30. The molecular formula is C21H29N3O3. The number of carbonyl (C=O) groups is 1. The highest BCUT2D eigenvalue weighted by Gasteiger charge is 2.41. The molecule has 1 saturated heterocycles. The van der Waals surface area contributed by atoms with Crippen LogP contribution in [0.4, 0.5) is 4.79 Å². The van der Waals surface area contributed by atoms with Crippen molar-refractivity contribution in [1.82, 2.24) is 15.4 Å². The molecule has 2 heterocycles. The van der Waals surface area contributed by atoms with Gasteiger partial charge in [-0.15, -0.1) is 0 Å². The molecule has 1 aliphatic rings. The molecule has 0 radical (unpaired) electrons. The molecule has 0 spiro atoms. The maximum absolute atomic E-state index is 12.4. The Hall–Kier alpha value is -2.34. The molecule has 146 valence electrons. The Balaban J connectivity index is 1.62. The van der Waals surface area contributed by atoms with Crippen LogP contribution in [-0.2, 0) is 16.7 Å². The third kappa shape index (κ3) is 4.89. The molecule has 2 aromatic rings. The van der Waals surface area contributed by atoms with Gasteiger partial charge in [-0.25, -0.2) is 4.79 Å². The van der Waals surface area contributed by atoms with Gasteiger partial charge in [0.1, 0.15) is 12.0 Å². The second-order valence-corrected chi connectivity index (χ2v) is 8.01. The summed E-state index contributed by atoms with van der Waals surface area (Å²) in [5, 5.41) is 6.90. The third-order valence-corrected chi connectivity index (χ3v) is 5.34. The smallest absolute Gasteiger partial charge is 0.317 e. The number of hydrogen-bond acceptors (Lipinski definition) is 4. The highest BCUT2D eigenvalue weighted by Crippen LogP contribution is 2.43. The van der Waals surface area contributed by atoms with Gasteiger partial charge in [0, 0.05) is 31.7 Å². The maximum Gasteiger partial charge on any atom is 0.317 e. The second kappa shape index (κ2) is 8.13. The summed E-state index contributed by atoms with van der Waals surface area (Å²) < 4.78 is 10.8. The minimum atomic E-state index is -0.165. The molecule has 1 N–H and O–H groups in total. The molecule has 0 unspecified atom stereocenters. The van der Waals surface area contributed by atoms with E-state index in [0.29, 0.717) is 13.1 Å². The number of nitrogens with zero attached hydrogens (tertiary/aromatic N) is 2. The summed E-state index contributed by atoms with van der Waals surface area (Å²) >= 11 is 0. The van der Waals surface area contributed by atoms with Gasteiger partial charge in [0.25, 0.3) is 0 Å². The van der Waals surface area contributed by atoms with Crippen molar-refractivity contribution in [2.24, 2.45) is 0 Å². The average molecular weight is 371 g/mol. The first-order chi connectivity index (χ1) is 12.9. The van der Waals surface area contributed by atoms with E-state index < -0.39 is 0 Å². The van der Waals surface area contributed by atoms with E-state index in [-0.39, 0.29) is 17.0 Å². The summed E-state index contributed by atoms with van der Waals surface area (Å²) in [5.74, 6) is 0. The standard InChI is InChI=1S/C21H29N3O3/c1-20(2)16-21(11-14-26-20,17-7-5-4-6-8-17)10-12-22-19(25)24(3)15-18-9-13-27-23-18/h4-9,13H,10-12,14-16H2,1-3H3,(H,22,25)/t21-/m1/s1. The van der Waals surface area contributed by atoms with Gasteiger partial charge in [-0.3, -0.25) is 0 Å². The Labute approximate surface area is 160 Å². The van der Waals surface area contributed by atoms with Gasteiger partial charge in [-0.2, -0.15) is 0 Å². The molecule has 3 rings (SSSR count). The van der Waals surface area contributed by atoms with E-state index >= 15 is 0 Å². The van der Waals surface area contributed by atoms with E-state index in [2.05, 4.69) is 48.6 Å². The fraction of sp³-hybridized carbons (Fsp3) is 0.524. The number of aromatic nitrogens is 1. The summed E-state index contributed by atoms with van der Waals surface area (Å²) in [6, 6.07) is 12.3. The predicted molar refractivity (Wildman–Crippen MR) is 103 cm³/mol. The molecule has 1 atom stereocenters. The molecule has 1 aromatic heterocycles. The van der Waals surface area contributed by atoms with Crippen LogP contribution in [-0.4, -0.2) is 41.9 Å². The van der Waals surface area contributed by atoms with Crippen molar-refractivity contribution in [1.29, 1.82) is 0 Å². The average Bonchev–Trinajstić information content (AvgIpc) is 3.14. The monoisotopic (exact) mass is 371 g/mol. The maximum atomic E-state index is 12.4. The normalized spacial score (nSPS) is 21.6. The number of urea groups is 1. The van der Waals surface area contributed by atoms with Gasteiger partial charge < -0.3 is 19.5 Å². The Morgan fingerprint density at radius 1 is 1.26 bits per heavy atom. The van der Waals surface area contributed by atoms with Crippen LogP contribution in [0.25, 0.3) is 0 Å². The van der Waals surface area contributed by atoms with E-state index in [1.807, 2.05) is 6.07 Å². The van der Waals surface area contributed by atoms with Gasteiger partial charge in [0.2, 0.25) is 0 Å². The van der Waals surface area contributed by atoms with Crippen molar-refractivity contribution < 1.29 is 14.1 Å². The molecule has 0 bridgehead atoms. The fourth-order valence-corrected chi connectivity index (χ4v) is 4.05. The van der Waals surface area contributed by atoms with E-state index in [9.17, 15) is 4.79 Å². The van der Waals surface area contributed by atoms with Crippen LogP contribution in [0.5, 0.6) is 0 Å². The van der Waals surface area contributed by atoms with E-state index in [1.165, 1.54) is 11.8 Å². The number of rotatable bonds is 6. The van der Waals surface area contributed by atoms with Crippen LogP contribution in [0.15, 0.2) is 47.2 Å². The summed E-state index contributed by atoms with van der Waals surface area (Å²) in [4.78, 5) is 14.0. The van der Waals surface area contributed by atoms with Crippen LogP contribution < -0.4 is 5.32 Å². The predicted octanol–water partition coefficient (Wildman–Crippen LogP) is 3.73. The molecule has 1 fully saturated rings. The van der Waals surface area contributed by atoms with Crippen LogP contribution in [0, 0.1) is 0 Å². The lowest BCUT2D eigenvalue weighted by molar-refractivity contribution is -0.0838. The Kier molecular flexibility index (Phi) is 5.85. The summed E-state index contributed by atoms with van der Waals surface area (Å²) in [5.41, 5.74) is 1.91. The van der Waals surface area contributed by atoms with Crippen molar-refractivity contribution in [3.8, 4) is 0 Å². The summed E-state index contributed by atoms with van der Waals surface area (Å²) in [7, 11) is 1.76. The van der Waals surface area contributed by atoms with E-state index in [1.54, 1.807) is 18.0 Å². The fourth-order valence-electron chi connectivity index (χ4n) is 4.05. The topological polar surface area (TPSA) is 67.6 Å². The van der Waals surface area contributed by atoms with Gasteiger partial charge in [-0.05, 0) is 38.7 Å². The number of ether oxygens (including phenoxy) is 1. The van der Waals surface area contributed by atoms with Crippen molar-refractivity contribution in [2.45, 2.75) is 50.7 Å². The number of nitrogens with one attached hydrogen (secondary N) is 1. The van der Waals surface area contributed by atoms with E-state index in [4.69, 9.17) is 9.26 Å². The van der Waals surface area contributed by atoms with Crippen molar-refractivity contribution in [3.63, 3.8) is 0 Å². The number of carbonyl (C=O) groups excluding carboxylic acids is 1. The molecule has 2 amide bonds. The van der Waals surface area contributed by atoms with Crippen molar-refractivity contribution in [3.05, 3.63) is 53.9 Å². The number of amides is 2. The second-order valence-electron chi connectivity index (χ2n) is 8.01. The third-order valence-electron chi connectivity index (χ3n) is 5.34. The minimum absolute atomic E-state index is 0.0149. The lowest BCUT2D eigenvalue weighted by atomic mass is 9.67. The van der Waals surface area contributed by atoms with Gasteiger partial charge in [0.05, 0.1) is 12.1 Å². The zero-order valence-electron chi connectivity index (χ0n) is 16.4. The molecule has 6 nitrogen and oxygen atoms in total. The van der Waals surface area contributed by atoms with Crippen LogP contribution >= 0.6 is 0 Å². The highest BCUT2D eigenvalue weighted by molar-refractivity contribution is 5.73. The molecule has 0 saturated carbocycles. The number of hydrogen-bond donors (Lipinski definition) is 1. The Morgan fingerprint density at radius 3 is 2.70 bits per heavy atom. The Bertz CT molecular complexity index is 730. The van der Waals surface area contributed by atoms with Gasteiger partial charge in [0.15, 0.2) is 0 Å². The zero-order valence-corrected chi connectivity index (χ0v) is 16.4. The van der Waals surface area contributed by atoms with Crippen molar-refractivity contribution in [2.75, 3.05) is 20.2 Å². The van der Waals surface area contributed by atoms with Gasteiger partial charge in [-0.1, -0.05) is 35.5 Å². The first-order valence-electron chi connectivity index (χ1n) is 9.48. The molecule has 27 heavy (non-hydrogen) atoms. The largest absolute Gasteiger partial charge is 0.376 e. The SMILES string of the molecule is CN(Cc1ccon1)C(=O)NCC[C@@]1(c2ccccc2)CCOC(C)(C)C1. The van der Waals surface area contributed by atoms with Crippen LogP contribution in [0.2, 0.25) is 0 Å². The minimum Gasteiger partial charge on any atom is -0.376 e. The molecular weight excluding hydrogens is 342 g/mol. The molecule has 1 aromatic carbocycles. The highest BCUT2D eigenvalue weighted by atomic mass is 16.5. The van der Waals surface area contributed by atoms with Crippen LogP contribution in [0.3, 0.4) is 0 Å². The Morgan fingerprint density at radius 2 is 2.04 bits per heavy atom. The first-order valence-corrected chi connectivity index (χ1v) is 9.48. The van der Waals surface area contributed by atoms with E-state index in [0.717, 1.165) is 31.6 Å². The first kappa shape index (κ1) is 19.4. The van der Waals surface area contributed by atoms with Gasteiger partial charge >= 0.3 is 6.03 Å².